The van der Waals surface area contributed by atoms with Gasteiger partial charge < -0.3 is 9.97 Å². The maximum absolute atomic E-state index is 12.3. The van der Waals surface area contributed by atoms with Crippen molar-refractivity contribution in [1.82, 2.24) is 9.97 Å². The molecule has 3 heteroatoms. The normalized spacial score (nSPS) is 11.7. The first-order chi connectivity index (χ1) is 11.2. The van der Waals surface area contributed by atoms with Crippen LogP contribution in [0.4, 0.5) is 0 Å². The fraction of sp³-hybridized carbons (Fsp3) is 0.0500. The highest BCUT2D eigenvalue weighted by molar-refractivity contribution is 5.91. The smallest absolute Gasteiger partial charge is 0.189 e. The van der Waals surface area contributed by atoms with E-state index in [1.54, 1.807) is 6.07 Å². The minimum atomic E-state index is 0.0426. The summed E-state index contributed by atoms with van der Waals surface area (Å²) >= 11 is 0. The van der Waals surface area contributed by atoms with Crippen LogP contribution in [0.5, 0.6) is 0 Å². The van der Waals surface area contributed by atoms with E-state index >= 15 is 0 Å². The summed E-state index contributed by atoms with van der Waals surface area (Å²) in [7, 11) is 0. The van der Waals surface area contributed by atoms with Crippen LogP contribution in [0.1, 0.15) is 16.8 Å². The number of aromatic amines is 2. The molecule has 0 amide bonds. The molecule has 23 heavy (non-hydrogen) atoms. The van der Waals surface area contributed by atoms with Gasteiger partial charge in [-0.2, -0.15) is 0 Å². The van der Waals surface area contributed by atoms with E-state index in [2.05, 4.69) is 16.0 Å². The van der Waals surface area contributed by atoms with Gasteiger partial charge in [0.15, 0.2) is 5.43 Å². The van der Waals surface area contributed by atoms with Gasteiger partial charge in [-0.05, 0) is 36.8 Å². The van der Waals surface area contributed by atoms with E-state index < -0.39 is 0 Å². The van der Waals surface area contributed by atoms with Crippen molar-refractivity contribution in [3.63, 3.8) is 0 Å². The molecular formula is C20H16N2O. The quantitative estimate of drug-likeness (QED) is 0.563. The molecule has 0 aliphatic carbocycles. The number of hydrogen-bond donors (Lipinski definition) is 2. The summed E-state index contributed by atoms with van der Waals surface area (Å²) in [6.45, 7) is 1.99. The van der Waals surface area contributed by atoms with Gasteiger partial charge in [0, 0.05) is 39.8 Å². The molecule has 2 heterocycles. The molecular weight excluding hydrogens is 284 g/mol. The molecule has 2 N–H and O–H groups in total. The molecule has 0 radical (unpaired) electrons. The summed E-state index contributed by atoms with van der Waals surface area (Å²) < 4.78 is 0. The third kappa shape index (κ3) is 2.46. The Hall–Kier alpha value is -3.07. The molecule has 4 rings (SSSR count). The first-order valence-electron chi connectivity index (χ1n) is 7.58. The van der Waals surface area contributed by atoms with E-state index in [1.165, 1.54) is 5.39 Å². The van der Waals surface area contributed by atoms with Gasteiger partial charge in [-0.15, -0.1) is 0 Å². The van der Waals surface area contributed by atoms with Crippen LogP contribution in [0.2, 0.25) is 0 Å². The summed E-state index contributed by atoms with van der Waals surface area (Å²) in [6.07, 6.45) is 5.93. The molecule has 2 aromatic carbocycles. The van der Waals surface area contributed by atoms with Gasteiger partial charge in [-0.1, -0.05) is 35.9 Å². The van der Waals surface area contributed by atoms with Crippen molar-refractivity contribution < 1.29 is 0 Å². The number of fused-ring (bicyclic) bond motifs is 2. The van der Waals surface area contributed by atoms with Crippen LogP contribution in [0.3, 0.4) is 0 Å². The zero-order valence-corrected chi connectivity index (χ0v) is 12.8. The van der Waals surface area contributed by atoms with Crippen molar-refractivity contribution in [3.8, 4) is 0 Å². The average molecular weight is 300 g/mol. The van der Waals surface area contributed by atoms with Crippen molar-refractivity contribution in [1.29, 1.82) is 0 Å². The topological polar surface area (TPSA) is 48.6 Å². The molecule has 4 aromatic rings. The number of para-hydroxylation sites is 1. The van der Waals surface area contributed by atoms with Crippen molar-refractivity contribution in [2.24, 2.45) is 0 Å². The lowest BCUT2D eigenvalue weighted by Crippen LogP contribution is -2.03. The highest BCUT2D eigenvalue weighted by atomic mass is 16.1. The Morgan fingerprint density at radius 3 is 2.70 bits per heavy atom. The van der Waals surface area contributed by atoms with Gasteiger partial charge in [0.25, 0.3) is 0 Å². The first-order valence-corrected chi connectivity index (χ1v) is 7.58. The third-order valence-electron chi connectivity index (χ3n) is 4.07. The largest absolute Gasteiger partial charge is 0.361 e. The Morgan fingerprint density at radius 2 is 1.78 bits per heavy atom. The predicted molar refractivity (Wildman–Crippen MR) is 96.5 cm³/mol. The second kappa shape index (κ2) is 5.29. The van der Waals surface area contributed by atoms with E-state index in [-0.39, 0.29) is 5.43 Å². The standard InChI is InChI=1S/C20H16N2O/c1-13-6-9-19-17(10-13)20(23)11-15(22-19)8-7-14-12-21-18-5-3-2-4-16(14)18/h2-12,21H,1H3,(H,22,23)/b8-7+. The highest BCUT2D eigenvalue weighted by Gasteiger charge is 2.02. The Kier molecular flexibility index (Phi) is 3.12. The minimum absolute atomic E-state index is 0.0426. The molecule has 0 unspecified atom stereocenters. The second-order valence-corrected chi connectivity index (χ2v) is 5.76. The van der Waals surface area contributed by atoms with E-state index in [4.69, 9.17) is 0 Å². The van der Waals surface area contributed by atoms with Gasteiger partial charge >= 0.3 is 0 Å². The molecule has 0 saturated heterocycles. The van der Waals surface area contributed by atoms with Crippen LogP contribution in [0.15, 0.2) is 59.5 Å². The summed E-state index contributed by atoms with van der Waals surface area (Å²) in [6, 6.07) is 15.7. The van der Waals surface area contributed by atoms with Crippen LogP contribution >= 0.6 is 0 Å². The zero-order valence-electron chi connectivity index (χ0n) is 12.8. The van der Waals surface area contributed by atoms with Crippen LogP contribution in [0, 0.1) is 6.92 Å². The Balaban J connectivity index is 1.78. The lowest BCUT2D eigenvalue weighted by Gasteiger charge is -2.01. The molecule has 0 saturated carbocycles. The fourth-order valence-electron chi connectivity index (χ4n) is 2.88. The number of pyridine rings is 1. The third-order valence-corrected chi connectivity index (χ3v) is 4.07. The van der Waals surface area contributed by atoms with E-state index in [1.807, 2.05) is 61.7 Å². The molecule has 0 fully saturated rings. The number of hydrogen-bond acceptors (Lipinski definition) is 1. The summed E-state index contributed by atoms with van der Waals surface area (Å²) in [5.74, 6) is 0. The molecule has 0 aliphatic heterocycles. The second-order valence-electron chi connectivity index (χ2n) is 5.76. The zero-order chi connectivity index (χ0) is 15.8. The van der Waals surface area contributed by atoms with E-state index in [0.29, 0.717) is 0 Å². The Bertz CT molecular complexity index is 1100. The maximum Gasteiger partial charge on any atom is 0.189 e. The Morgan fingerprint density at radius 1 is 0.913 bits per heavy atom. The number of nitrogens with one attached hydrogen (secondary N) is 2. The van der Waals surface area contributed by atoms with Gasteiger partial charge in [-0.3, -0.25) is 4.79 Å². The van der Waals surface area contributed by atoms with Crippen molar-refractivity contribution in [2.45, 2.75) is 6.92 Å². The predicted octanol–water partition coefficient (Wildman–Crippen LogP) is 4.49. The minimum Gasteiger partial charge on any atom is -0.361 e. The summed E-state index contributed by atoms with van der Waals surface area (Å²) in [4.78, 5) is 18.8. The molecule has 0 bridgehead atoms. The number of aromatic nitrogens is 2. The monoisotopic (exact) mass is 300 g/mol. The molecule has 2 aromatic heterocycles. The molecule has 3 nitrogen and oxygen atoms in total. The molecule has 0 atom stereocenters. The van der Waals surface area contributed by atoms with E-state index in [9.17, 15) is 4.79 Å². The fourth-order valence-corrected chi connectivity index (χ4v) is 2.88. The van der Waals surface area contributed by atoms with Crippen LogP contribution < -0.4 is 5.43 Å². The average Bonchev–Trinajstić information content (AvgIpc) is 2.97. The van der Waals surface area contributed by atoms with Gasteiger partial charge in [0.05, 0.1) is 0 Å². The lowest BCUT2D eigenvalue weighted by molar-refractivity contribution is 1.34. The summed E-state index contributed by atoms with van der Waals surface area (Å²) in [5.41, 5.74) is 5.00. The van der Waals surface area contributed by atoms with E-state index in [0.717, 1.165) is 33.2 Å². The van der Waals surface area contributed by atoms with Crippen LogP contribution in [-0.2, 0) is 0 Å². The molecule has 0 spiro atoms. The number of aryl methyl sites for hydroxylation is 1. The van der Waals surface area contributed by atoms with Crippen molar-refractivity contribution in [3.05, 3.63) is 81.8 Å². The number of rotatable bonds is 2. The molecule has 112 valence electrons. The van der Waals surface area contributed by atoms with Gasteiger partial charge in [0.2, 0.25) is 0 Å². The Labute approximate surface area is 133 Å². The highest BCUT2D eigenvalue weighted by Crippen LogP contribution is 2.20. The number of H-pyrrole nitrogens is 2. The molecule has 0 aliphatic rings. The van der Waals surface area contributed by atoms with Crippen molar-refractivity contribution >= 4 is 34.0 Å². The van der Waals surface area contributed by atoms with Crippen molar-refractivity contribution in [2.75, 3.05) is 0 Å². The van der Waals surface area contributed by atoms with Gasteiger partial charge in [0.1, 0.15) is 0 Å². The lowest BCUT2D eigenvalue weighted by atomic mass is 10.1. The number of benzene rings is 2. The van der Waals surface area contributed by atoms with Gasteiger partial charge in [-0.25, -0.2) is 0 Å². The van der Waals surface area contributed by atoms with Crippen LogP contribution in [0.25, 0.3) is 34.0 Å². The maximum atomic E-state index is 12.3. The first kappa shape index (κ1) is 13.6. The van der Waals surface area contributed by atoms with Crippen LogP contribution in [-0.4, -0.2) is 9.97 Å². The summed E-state index contributed by atoms with van der Waals surface area (Å²) in [5, 5.41) is 1.90. The SMILES string of the molecule is Cc1ccc2[nH]c(/C=C/c3c[nH]c4ccccc34)cc(=O)c2c1.